The molecule has 0 fully saturated rings. The molecule has 0 aliphatic heterocycles. The average Bonchev–Trinajstić information content (AvgIpc) is 2.04. The van der Waals surface area contributed by atoms with E-state index < -0.39 is 0 Å². The minimum Gasteiger partial charge on any atom is -0.350 e. The fourth-order valence-corrected chi connectivity index (χ4v) is 0.957. The summed E-state index contributed by atoms with van der Waals surface area (Å²) in [5, 5.41) is 2.93. The molecule has 78 valence electrons. The van der Waals surface area contributed by atoms with Crippen LogP contribution in [-0.2, 0) is 4.79 Å². The van der Waals surface area contributed by atoms with E-state index in [0.29, 0.717) is 0 Å². The standard InChI is InChI=1S/C10H22N2O/c1-5-7-8(11)9(13)12-10(3,4)6-2/h8H,5-7,11H2,1-4H3,(H,12,13)/t8-/m0/s1. The van der Waals surface area contributed by atoms with Gasteiger partial charge in [-0.3, -0.25) is 4.79 Å². The van der Waals surface area contributed by atoms with Gasteiger partial charge in [0.2, 0.25) is 5.91 Å². The molecule has 0 bridgehead atoms. The SMILES string of the molecule is CCC[C@H](N)C(=O)NC(C)(C)CC. The Bertz CT molecular complexity index is 166. The molecule has 0 aromatic heterocycles. The predicted molar refractivity (Wildman–Crippen MR) is 55.4 cm³/mol. The van der Waals surface area contributed by atoms with E-state index in [2.05, 4.69) is 5.32 Å². The molecule has 0 aliphatic carbocycles. The van der Waals surface area contributed by atoms with E-state index in [1.54, 1.807) is 0 Å². The zero-order chi connectivity index (χ0) is 10.5. The first-order valence-corrected chi connectivity index (χ1v) is 5.00. The van der Waals surface area contributed by atoms with Crippen LogP contribution in [0.5, 0.6) is 0 Å². The van der Waals surface area contributed by atoms with Gasteiger partial charge in [-0.2, -0.15) is 0 Å². The van der Waals surface area contributed by atoms with Crippen molar-refractivity contribution in [3.63, 3.8) is 0 Å². The molecule has 0 aromatic rings. The molecule has 0 saturated heterocycles. The summed E-state index contributed by atoms with van der Waals surface area (Å²) in [5.74, 6) is -0.0336. The predicted octanol–water partition coefficient (Wildman–Crippen LogP) is 1.42. The van der Waals surface area contributed by atoms with Gasteiger partial charge in [-0.1, -0.05) is 20.3 Å². The maximum atomic E-state index is 11.5. The largest absolute Gasteiger partial charge is 0.350 e. The van der Waals surface area contributed by atoms with E-state index in [4.69, 9.17) is 5.73 Å². The Morgan fingerprint density at radius 3 is 2.38 bits per heavy atom. The van der Waals surface area contributed by atoms with Crippen molar-refractivity contribution in [2.24, 2.45) is 5.73 Å². The summed E-state index contributed by atoms with van der Waals surface area (Å²) in [6.45, 7) is 8.08. The monoisotopic (exact) mass is 186 g/mol. The lowest BCUT2D eigenvalue weighted by molar-refractivity contribution is -0.124. The van der Waals surface area contributed by atoms with Gasteiger partial charge >= 0.3 is 0 Å². The number of carbonyl (C=O) groups is 1. The zero-order valence-corrected chi connectivity index (χ0v) is 9.18. The zero-order valence-electron chi connectivity index (χ0n) is 9.18. The van der Waals surface area contributed by atoms with Gasteiger partial charge < -0.3 is 11.1 Å². The molecule has 1 amide bonds. The third-order valence-corrected chi connectivity index (χ3v) is 2.28. The molecule has 3 heteroatoms. The number of hydrogen-bond donors (Lipinski definition) is 2. The molecule has 0 aromatic carbocycles. The highest BCUT2D eigenvalue weighted by Gasteiger charge is 2.21. The quantitative estimate of drug-likeness (QED) is 0.682. The van der Waals surface area contributed by atoms with Crippen LogP contribution in [0.3, 0.4) is 0 Å². The van der Waals surface area contributed by atoms with Crippen LogP contribution < -0.4 is 11.1 Å². The van der Waals surface area contributed by atoms with Crippen LogP contribution in [0.4, 0.5) is 0 Å². The molecule has 0 radical (unpaired) electrons. The molecule has 1 atom stereocenters. The summed E-state index contributed by atoms with van der Waals surface area (Å²) < 4.78 is 0. The van der Waals surface area contributed by atoms with Crippen molar-refractivity contribution < 1.29 is 4.79 Å². The highest BCUT2D eigenvalue weighted by Crippen LogP contribution is 2.07. The van der Waals surface area contributed by atoms with Crippen molar-refractivity contribution in [1.82, 2.24) is 5.32 Å². The fraction of sp³-hybridized carbons (Fsp3) is 0.900. The molecule has 0 spiro atoms. The first-order chi connectivity index (χ1) is 5.93. The van der Waals surface area contributed by atoms with Crippen molar-refractivity contribution in [2.45, 2.75) is 58.5 Å². The van der Waals surface area contributed by atoms with E-state index >= 15 is 0 Å². The first-order valence-electron chi connectivity index (χ1n) is 5.00. The number of rotatable bonds is 5. The number of nitrogens with two attached hydrogens (primary N) is 1. The van der Waals surface area contributed by atoms with Crippen LogP contribution >= 0.6 is 0 Å². The second kappa shape index (κ2) is 5.22. The number of amides is 1. The van der Waals surface area contributed by atoms with E-state index in [1.165, 1.54) is 0 Å². The Hall–Kier alpha value is -0.570. The van der Waals surface area contributed by atoms with Gasteiger partial charge in [0.15, 0.2) is 0 Å². The molecule has 3 nitrogen and oxygen atoms in total. The van der Waals surface area contributed by atoms with Gasteiger partial charge in [0.05, 0.1) is 6.04 Å². The lowest BCUT2D eigenvalue weighted by Gasteiger charge is -2.26. The van der Waals surface area contributed by atoms with E-state index in [1.807, 2.05) is 27.7 Å². The number of hydrogen-bond acceptors (Lipinski definition) is 2. The normalized spacial score (nSPS) is 13.9. The third kappa shape index (κ3) is 4.88. The van der Waals surface area contributed by atoms with Gasteiger partial charge in [-0.15, -0.1) is 0 Å². The third-order valence-electron chi connectivity index (χ3n) is 2.28. The smallest absolute Gasteiger partial charge is 0.237 e. The summed E-state index contributed by atoms with van der Waals surface area (Å²) in [6.07, 6.45) is 2.62. The number of carbonyl (C=O) groups excluding carboxylic acids is 1. The average molecular weight is 186 g/mol. The molecular formula is C10H22N2O. The van der Waals surface area contributed by atoms with Gasteiger partial charge in [0.25, 0.3) is 0 Å². The summed E-state index contributed by atoms with van der Waals surface area (Å²) in [7, 11) is 0. The molecule has 3 N–H and O–H groups in total. The van der Waals surface area contributed by atoms with E-state index in [9.17, 15) is 4.79 Å². The summed E-state index contributed by atoms with van der Waals surface area (Å²) in [4.78, 5) is 11.5. The molecule has 0 rings (SSSR count). The fourth-order valence-electron chi connectivity index (χ4n) is 0.957. The van der Waals surface area contributed by atoms with Crippen LogP contribution in [0.2, 0.25) is 0 Å². The van der Waals surface area contributed by atoms with Crippen molar-refractivity contribution in [3.8, 4) is 0 Å². The van der Waals surface area contributed by atoms with Crippen LogP contribution in [0.1, 0.15) is 47.0 Å². The number of nitrogens with one attached hydrogen (secondary N) is 1. The van der Waals surface area contributed by atoms with Crippen LogP contribution in [-0.4, -0.2) is 17.5 Å². The molecule has 0 saturated carbocycles. The maximum absolute atomic E-state index is 11.5. The van der Waals surface area contributed by atoms with Crippen LogP contribution in [0, 0.1) is 0 Å². The van der Waals surface area contributed by atoms with E-state index in [-0.39, 0.29) is 17.5 Å². The maximum Gasteiger partial charge on any atom is 0.237 e. The molecule has 0 aliphatic rings. The van der Waals surface area contributed by atoms with Crippen molar-refractivity contribution in [2.75, 3.05) is 0 Å². The van der Waals surface area contributed by atoms with Gasteiger partial charge in [0.1, 0.15) is 0 Å². The minimum atomic E-state index is -0.351. The minimum absolute atomic E-state index is 0.0336. The Balaban J connectivity index is 3.99. The summed E-state index contributed by atoms with van der Waals surface area (Å²) >= 11 is 0. The Morgan fingerprint density at radius 2 is 2.00 bits per heavy atom. The Morgan fingerprint density at radius 1 is 1.46 bits per heavy atom. The Kier molecular flexibility index (Phi) is 4.99. The summed E-state index contributed by atoms with van der Waals surface area (Å²) in [5.41, 5.74) is 5.54. The van der Waals surface area contributed by atoms with Crippen LogP contribution in [0.25, 0.3) is 0 Å². The van der Waals surface area contributed by atoms with Crippen molar-refractivity contribution in [1.29, 1.82) is 0 Å². The molecular weight excluding hydrogens is 164 g/mol. The Labute approximate surface area is 81.1 Å². The molecule has 0 heterocycles. The highest BCUT2D eigenvalue weighted by atomic mass is 16.2. The van der Waals surface area contributed by atoms with Gasteiger partial charge in [-0.25, -0.2) is 0 Å². The molecule has 13 heavy (non-hydrogen) atoms. The topological polar surface area (TPSA) is 55.1 Å². The second-order valence-electron chi connectivity index (χ2n) is 4.12. The lowest BCUT2D eigenvalue weighted by Crippen LogP contribution is -2.50. The van der Waals surface area contributed by atoms with Crippen molar-refractivity contribution in [3.05, 3.63) is 0 Å². The van der Waals surface area contributed by atoms with E-state index in [0.717, 1.165) is 19.3 Å². The first kappa shape index (κ1) is 12.4. The van der Waals surface area contributed by atoms with Gasteiger partial charge in [-0.05, 0) is 26.7 Å². The molecule has 0 unspecified atom stereocenters. The van der Waals surface area contributed by atoms with Crippen LogP contribution in [0.15, 0.2) is 0 Å². The summed E-state index contributed by atoms with van der Waals surface area (Å²) in [6, 6.07) is -0.351. The second-order valence-corrected chi connectivity index (χ2v) is 4.12. The lowest BCUT2D eigenvalue weighted by atomic mass is 10.0. The highest BCUT2D eigenvalue weighted by molar-refractivity contribution is 5.82. The van der Waals surface area contributed by atoms with Gasteiger partial charge in [0, 0.05) is 5.54 Å². The van der Waals surface area contributed by atoms with Crippen molar-refractivity contribution >= 4 is 5.91 Å².